The predicted molar refractivity (Wildman–Crippen MR) is 85.7 cm³/mol. The Morgan fingerprint density at radius 1 is 1.19 bits per heavy atom. The Balaban J connectivity index is 2.46. The molecule has 27 heavy (non-hydrogen) atoms. The Labute approximate surface area is 153 Å². The summed E-state index contributed by atoms with van der Waals surface area (Å²) in [6, 6.07) is 3.51. The topological polar surface area (TPSA) is 111 Å². The fourth-order valence-corrected chi connectivity index (χ4v) is 2.64. The first-order valence-corrected chi connectivity index (χ1v) is 8.73. The van der Waals surface area contributed by atoms with E-state index in [9.17, 15) is 31.2 Å². The number of nitrogens with one attached hydrogen (secondary N) is 2. The van der Waals surface area contributed by atoms with Gasteiger partial charge in [-0.05, 0) is 24.3 Å². The number of rotatable bonds is 9. The van der Waals surface area contributed by atoms with Gasteiger partial charge in [0.25, 0.3) is 5.91 Å². The summed E-state index contributed by atoms with van der Waals surface area (Å²) in [5, 5.41) is 2.26. The van der Waals surface area contributed by atoms with Crippen molar-refractivity contribution in [2.24, 2.45) is 0 Å². The summed E-state index contributed by atoms with van der Waals surface area (Å²) < 4.78 is 70.5. The van der Waals surface area contributed by atoms with E-state index in [0.29, 0.717) is 0 Å². The molecule has 0 aromatic heterocycles. The van der Waals surface area contributed by atoms with E-state index in [-0.39, 0.29) is 24.4 Å². The molecule has 0 heterocycles. The average molecular weight is 408 g/mol. The van der Waals surface area contributed by atoms with E-state index in [2.05, 4.69) is 25.4 Å². The van der Waals surface area contributed by atoms with Crippen LogP contribution >= 0.6 is 0 Å². The molecular formula is C15H15F3N2O6S. The van der Waals surface area contributed by atoms with Crippen molar-refractivity contribution in [2.45, 2.75) is 17.7 Å². The largest absolute Gasteiger partial charge is 0.573 e. The molecule has 12 heteroatoms. The number of carbonyl (C=O) groups excluding carboxylic acids is 2. The number of hydrogen-bond donors (Lipinski definition) is 2. The number of terminal acetylenes is 1. The summed E-state index contributed by atoms with van der Waals surface area (Å²) in [7, 11) is -4.06. The Morgan fingerprint density at radius 3 is 2.37 bits per heavy atom. The Bertz CT molecular complexity index is 800. The van der Waals surface area contributed by atoms with Crippen LogP contribution in [0.1, 0.15) is 6.42 Å². The molecular weight excluding hydrogens is 393 g/mol. The second-order valence-corrected chi connectivity index (χ2v) is 6.58. The Kier molecular flexibility index (Phi) is 8.07. The fraction of sp³-hybridized carbons (Fsp3) is 0.333. The van der Waals surface area contributed by atoms with Crippen molar-refractivity contribution >= 4 is 21.9 Å². The van der Waals surface area contributed by atoms with Gasteiger partial charge in [-0.2, -0.15) is 0 Å². The molecule has 0 bridgehead atoms. The van der Waals surface area contributed by atoms with Crippen molar-refractivity contribution < 1.29 is 40.7 Å². The summed E-state index contributed by atoms with van der Waals surface area (Å²) in [6.45, 7) is -0.926. The van der Waals surface area contributed by atoms with Crippen molar-refractivity contribution in [1.82, 2.24) is 10.0 Å². The molecule has 0 aliphatic rings. The van der Waals surface area contributed by atoms with Crippen molar-refractivity contribution in [1.29, 1.82) is 0 Å². The van der Waals surface area contributed by atoms with Gasteiger partial charge in [0, 0.05) is 6.54 Å². The zero-order valence-corrected chi connectivity index (χ0v) is 14.5. The molecule has 0 aliphatic carbocycles. The molecule has 0 fully saturated rings. The summed E-state index contributed by atoms with van der Waals surface area (Å²) in [5.41, 5.74) is 0. The van der Waals surface area contributed by atoms with Gasteiger partial charge in [0.1, 0.15) is 5.75 Å². The summed E-state index contributed by atoms with van der Waals surface area (Å²) in [6.07, 6.45) is -0.328. The van der Waals surface area contributed by atoms with Crippen molar-refractivity contribution in [3.63, 3.8) is 0 Å². The van der Waals surface area contributed by atoms with Crippen molar-refractivity contribution in [2.75, 3.05) is 19.7 Å². The van der Waals surface area contributed by atoms with Gasteiger partial charge in [-0.15, -0.1) is 19.6 Å². The third kappa shape index (κ3) is 8.93. The van der Waals surface area contributed by atoms with Crippen LogP contribution in [-0.4, -0.2) is 46.4 Å². The molecule has 0 atom stereocenters. The standard InChI is InChI=1S/C15H15F3N2O6S/c1-2-8-19-13(21)10-25-14(22)7-9-20-27(23,24)12-5-3-11(4-6-12)26-15(16,17)18/h1,3-6,20H,7-10H2,(H,19,21). The van der Waals surface area contributed by atoms with Gasteiger partial charge in [-0.3, -0.25) is 9.59 Å². The molecule has 1 aromatic carbocycles. The minimum atomic E-state index is -4.89. The maximum atomic E-state index is 12.1. The lowest BCUT2D eigenvalue weighted by molar-refractivity contribution is -0.274. The molecule has 1 amide bonds. The molecule has 2 N–H and O–H groups in total. The molecule has 0 saturated heterocycles. The monoisotopic (exact) mass is 408 g/mol. The van der Waals surface area contributed by atoms with Gasteiger partial charge < -0.3 is 14.8 Å². The molecule has 8 nitrogen and oxygen atoms in total. The van der Waals surface area contributed by atoms with Crippen LogP contribution < -0.4 is 14.8 Å². The maximum absolute atomic E-state index is 12.1. The van der Waals surface area contributed by atoms with Crippen LogP contribution in [0.5, 0.6) is 5.75 Å². The lowest BCUT2D eigenvalue weighted by atomic mass is 10.3. The molecule has 148 valence electrons. The zero-order chi connectivity index (χ0) is 20.5. The van der Waals surface area contributed by atoms with Gasteiger partial charge in [0.05, 0.1) is 17.9 Å². The van der Waals surface area contributed by atoms with E-state index < -0.39 is 40.6 Å². The lowest BCUT2D eigenvalue weighted by Crippen LogP contribution is -2.30. The van der Waals surface area contributed by atoms with E-state index in [1.54, 1.807) is 0 Å². The minimum Gasteiger partial charge on any atom is -0.456 e. The number of amides is 1. The molecule has 1 aromatic rings. The van der Waals surface area contributed by atoms with E-state index in [1.165, 1.54) is 0 Å². The summed E-state index contributed by atoms with van der Waals surface area (Å²) in [4.78, 5) is 22.3. The first kappa shape index (κ1) is 22.3. The number of alkyl halides is 3. The SMILES string of the molecule is C#CCNC(=O)COC(=O)CCNS(=O)(=O)c1ccc(OC(F)(F)F)cc1. The third-order valence-corrected chi connectivity index (χ3v) is 4.22. The zero-order valence-electron chi connectivity index (χ0n) is 13.7. The third-order valence-electron chi connectivity index (χ3n) is 2.74. The van der Waals surface area contributed by atoms with E-state index >= 15 is 0 Å². The van der Waals surface area contributed by atoms with Gasteiger partial charge in [0.15, 0.2) is 6.61 Å². The van der Waals surface area contributed by atoms with Crippen LogP contribution in [0.4, 0.5) is 13.2 Å². The predicted octanol–water partition coefficient (Wildman–Crippen LogP) is 0.546. The first-order valence-electron chi connectivity index (χ1n) is 7.25. The summed E-state index contributed by atoms with van der Waals surface area (Å²) in [5.74, 6) is 0.139. The highest BCUT2D eigenvalue weighted by atomic mass is 32.2. The smallest absolute Gasteiger partial charge is 0.456 e. The number of hydrogen-bond acceptors (Lipinski definition) is 6. The van der Waals surface area contributed by atoms with Gasteiger partial charge in [-0.25, -0.2) is 13.1 Å². The van der Waals surface area contributed by atoms with Crippen LogP contribution in [-0.2, 0) is 24.3 Å². The number of ether oxygens (including phenoxy) is 2. The number of benzene rings is 1. The number of carbonyl (C=O) groups is 2. The molecule has 0 radical (unpaired) electrons. The van der Waals surface area contributed by atoms with E-state index in [1.807, 2.05) is 0 Å². The van der Waals surface area contributed by atoms with E-state index in [4.69, 9.17) is 6.42 Å². The van der Waals surface area contributed by atoms with Crippen LogP contribution in [0.3, 0.4) is 0 Å². The molecule has 0 saturated carbocycles. The van der Waals surface area contributed by atoms with Gasteiger partial charge in [-0.1, -0.05) is 5.92 Å². The number of halogens is 3. The second kappa shape index (κ2) is 9.79. The molecule has 0 spiro atoms. The highest BCUT2D eigenvalue weighted by Gasteiger charge is 2.31. The quantitative estimate of drug-likeness (QED) is 0.456. The number of esters is 1. The fourth-order valence-electron chi connectivity index (χ4n) is 1.61. The van der Waals surface area contributed by atoms with Crippen LogP contribution in [0, 0.1) is 12.3 Å². The average Bonchev–Trinajstić information content (AvgIpc) is 2.57. The van der Waals surface area contributed by atoms with Crippen molar-refractivity contribution in [3.05, 3.63) is 24.3 Å². The maximum Gasteiger partial charge on any atom is 0.573 e. The Morgan fingerprint density at radius 2 is 1.81 bits per heavy atom. The number of sulfonamides is 1. The second-order valence-electron chi connectivity index (χ2n) is 4.81. The molecule has 0 aliphatic heterocycles. The highest BCUT2D eigenvalue weighted by Crippen LogP contribution is 2.23. The van der Waals surface area contributed by atoms with Crippen LogP contribution in [0.2, 0.25) is 0 Å². The Hall–Kier alpha value is -2.78. The minimum absolute atomic E-state index is 0.0248. The molecule has 0 unspecified atom stereocenters. The normalized spacial score (nSPS) is 11.3. The van der Waals surface area contributed by atoms with Crippen LogP contribution in [0.15, 0.2) is 29.2 Å². The summed E-state index contributed by atoms with van der Waals surface area (Å²) >= 11 is 0. The first-order chi connectivity index (χ1) is 12.5. The van der Waals surface area contributed by atoms with Gasteiger partial charge in [0.2, 0.25) is 10.0 Å². The van der Waals surface area contributed by atoms with Crippen LogP contribution in [0.25, 0.3) is 0 Å². The molecule has 1 rings (SSSR count). The highest BCUT2D eigenvalue weighted by molar-refractivity contribution is 7.89. The van der Waals surface area contributed by atoms with Gasteiger partial charge >= 0.3 is 12.3 Å². The van der Waals surface area contributed by atoms with Crippen molar-refractivity contribution in [3.8, 4) is 18.1 Å². The van der Waals surface area contributed by atoms with E-state index in [0.717, 1.165) is 24.3 Å². The lowest BCUT2D eigenvalue weighted by Gasteiger charge is -2.10.